The highest BCUT2D eigenvalue weighted by Crippen LogP contribution is 2.53. The van der Waals surface area contributed by atoms with Crippen LogP contribution in [-0.4, -0.2) is 35.4 Å². The molecule has 3 fully saturated rings. The molecule has 3 rings (SSSR count). The Bertz CT molecular complexity index is 467. The van der Waals surface area contributed by atoms with Gasteiger partial charge in [-0.1, -0.05) is 19.3 Å². The van der Waals surface area contributed by atoms with Crippen LogP contribution in [0.1, 0.15) is 91.4 Å². The highest BCUT2D eigenvalue weighted by Gasteiger charge is 2.48. The van der Waals surface area contributed by atoms with E-state index in [1.54, 1.807) is 0 Å². The van der Waals surface area contributed by atoms with Crippen LogP contribution in [0.15, 0.2) is 0 Å². The first-order chi connectivity index (χ1) is 11.7. The minimum Gasteiger partial charge on any atom is -0.444 e. The number of alkyl halides is 1. The second-order valence-electron chi connectivity index (χ2n) is 9.82. The number of carbonyl (C=O) groups is 1. The van der Waals surface area contributed by atoms with Crippen molar-refractivity contribution in [1.82, 2.24) is 4.90 Å². The Labute approximate surface area is 152 Å². The summed E-state index contributed by atoms with van der Waals surface area (Å²) in [6.45, 7) is 7.28. The molecule has 0 aromatic heterocycles. The molecule has 3 nitrogen and oxygen atoms in total. The highest BCUT2D eigenvalue weighted by molar-refractivity contribution is 5.68. The number of piperidine rings is 1. The minimum atomic E-state index is -0.857. The summed E-state index contributed by atoms with van der Waals surface area (Å²) in [5, 5.41) is 0. The molecule has 2 aliphatic carbocycles. The number of carbonyl (C=O) groups excluding carboxylic acids is 1. The van der Waals surface area contributed by atoms with Gasteiger partial charge in [-0.3, -0.25) is 0 Å². The van der Waals surface area contributed by atoms with Crippen LogP contribution < -0.4 is 0 Å². The highest BCUT2D eigenvalue weighted by atomic mass is 19.1. The second-order valence-corrected chi connectivity index (χ2v) is 9.82. The summed E-state index contributed by atoms with van der Waals surface area (Å²) in [7, 11) is 0. The van der Waals surface area contributed by atoms with Crippen LogP contribution in [0.25, 0.3) is 0 Å². The lowest BCUT2D eigenvalue weighted by molar-refractivity contribution is -0.0124. The summed E-state index contributed by atoms with van der Waals surface area (Å²) in [5.74, 6) is 0.726. The number of halogens is 1. The zero-order valence-electron chi connectivity index (χ0n) is 16.4. The van der Waals surface area contributed by atoms with Crippen LogP contribution in [0.3, 0.4) is 0 Å². The van der Waals surface area contributed by atoms with Gasteiger partial charge in [0.1, 0.15) is 11.3 Å². The molecule has 1 heterocycles. The topological polar surface area (TPSA) is 29.5 Å². The van der Waals surface area contributed by atoms with Crippen LogP contribution in [0.4, 0.5) is 9.18 Å². The fourth-order valence-corrected chi connectivity index (χ4v) is 4.90. The molecule has 1 amide bonds. The van der Waals surface area contributed by atoms with Crippen molar-refractivity contribution in [2.75, 3.05) is 13.1 Å². The van der Waals surface area contributed by atoms with Gasteiger partial charge in [0.25, 0.3) is 0 Å². The van der Waals surface area contributed by atoms with Gasteiger partial charge in [-0.25, -0.2) is 9.18 Å². The van der Waals surface area contributed by atoms with E-state index in [0.717, 1.165) is 57.5 Å². The van der Waals surface area contributed by atoms with Crippen molar-refractivity contribution in [1.29, 1.82) is 0 Å². The van der Waals surface area contributed by atoms with Gasteiger partial charge in [0.15, 0.2) is 0 Å². The Kier molecular flexibility index (Phi) is 5.37. The molecular weight excluding hydrogens is 317 g/mol. The van der Waals surface area contributed by atoms with Crippen LogP contribution >= 0.6 is 0 Å². The first-order valence-electron chi connectivity index (χ1n) is 10.4. The monoisotopic (exact) mass is 353 g/mol. The van der Waals surface area contributed by atoms with E-state index in [-0.39, 0.29) is 11.5 Å². The molecule has 0 radical (unpaired) electrons. The molecule has 4 heteroatoms. The van der Waals surface area contributed by atoms with Gasteiger partial charge in [0.05, 0.1) is 0 Å². The second kappa shape index (κ2) is 7.08. The van der Waals surface area contributed by atoms with Crippen molar-refractivity contribution < 1.29 is 13.9 Å². The maximum Gasteiger partial charge on any atom is 0.410 e. The maximum absolute atomic E-state index is 14.3. The van der Waals surface area contributed by atoms with E-state index >= 15 is 0 Å². The van der Waals surface area contributed by atoms with Crippen LogP contribution in [0.5, 0.6) is 0 Å². The smallest absolute Gasteiger partial charge is 0.410 e. The van der Waals surface area contributed by atoms with Crippen LogP contribution in [0, 0.1) is 11.3 Å². The van der Waals surface area contributed by atoms with Gasteiger partial charge >= 0.3 is 6.09 Å². The van der Waals surface area contributed by atoms with Crippen molar-refractivity contribution in [3.05, 3.63) is 0 Å². The number of likely N-dealkylation sites (tertiary alicyclic amines) is 1. The van der Waals surface area contributed by atoms with E-state index in [9.17, 15) is 9.18 Å². The molecule has 0 N–H and O–H groups in total. The van der Waals surface area contributed by atoms with E-state index in [1.807, 2.05) is 25.7 Å². The van der Waals surface area contributed by atoms with Gasteiger partial charge in [0, 0.05) is 13.1 Å². The van der Waals surface area contributed by atoms with Crippen LogP contribution in [0.2, 0.25) is 0 Å². The third-order valence-electron chi connectivity index (χ3n) is 6.75. The maximum atomic E-state index is 14.3. The quantitative estimate of drug-likeness (QED) is 0.633. The predicted molar refractivity (Wildman–Crippen MR) is 98.4 cm³/mol. The van der Waals surface area contributed by atoms with Crippen molar-refractivity contribution in [2.45, 2.75) is 103 Å². The summed E-state index contributed by atoms with van der Waals surface area (Å²) in [6, 6.07) is 0. The van der Waals surface area contributed by atoms with Gasteiger partial charge in [-0.15, -0.1) is 0 Å². The Balaban J connectivity index is 1.62. The predicted octanol–water partition coefficient (Wildman–Crippen LogP) is 5.87. The summed E-state index contributed by atoms with van der Waals surface area (Å²) in [4.78, 5) is 14.2. The first kappa shape index (κ1) is 19.0. The fraction of sp³-hybridized carbons (Fsp3) is 0.952. The Morgan fingerprint density at radius 2 is 1.64 bits per heavy atom. The minimum absolute atomic E-state index is 0.186. The molecule has 0 aromatic carbocycles. The lowest BCUT2D eigenvalue weighted by Gasteiger charge is -2.48. The fourth-order valence-electron chi connectivity index (χ4n) is 4.90. The van der Waals surface area contributed by atoms with Crippen molar-refractivity contribution in [2.24, 2.45) is 11.3 Å². The average Bonchev–Trinajstić information content (AvgIpc) is 3.31. The number of nitrogens with zero attached hydrogens (tertiary/aromatic N) is 1. The molecule has 0 atom stereocenters. The zero-order chi connectivity index (χ0) is 18.1. The molecule has 0 unspecified atom stereocenters. The van der Waals surface area contributed by atoms with Crippen molar-refractivity contribution in [3.63, 3.8) is 0 Å². The summed E-state index contributed by atoms with van der Waals surface area (Å²) >= 11 is 0. The van der Waals surface area contributed by atoms with Crippen molar-refractivity contribution >= 4 is 6.09 Å². The lowest BCUT2D eigenvalue weighted by Crippen LogP contribution is -2.48. The van der Waals surface area contributed by atoms with E-state index in [2.05, 4.69) is 0 Å². The normalized spacial score (nSPS) is 26.3. The molecule has 144 valence electrons. The third kappa shape index (κ3) is 4.89. The molecular formula is C21H36FNO2. The molecule has 25 heavy (non-hydrogen) atoms. The number of amides is 1. The molecule has 1 aliphatic heterocycles. The van der Waals surface area contributed by atoms with E-state index in [1.165, 1.54) is 32.1 Å². The number of ether oxygens (including phenoxy) is 1. The largest absolute Gasteiger partial charge is 0.444 e. The third-order valence-corrected chi connectivity index (χ3v) is 6.75. The van der Waals surface area contributed by atoms with E-state index < -0.39 is 11.3 Å². The molecule has 1 saturated heterocycles. The van der Waals surface area contributed by atoms with Gasteiger partial charge < -0.3 is 9.64 Å². The zero-order valence-corrected chi connectivity index (χ0v) is 16.4. The lowest BCUT2D eigenvalue weighted by atomic mass is 9.61. The SMILES string of the molecule is CC(C)(C)OC(=O)N1CCC(CCC2(F)CC2)(C2CCCCC2)CC1. The van der Waals surface area contributed by atoms with Gasteiger partial charge in [-0.05, 0) is 83.5 Å². The Morgan fingerprint density at radius 3 is 2.16 bits per heavy atom. The number of hydrogen-bond donors (Lipinski definition) is 0. The molecule has 0 aromatic rings. The van der Waals surface area contributed by atoms with E-state index in [4.69, 9.17) is 4.74 Å². The molecule has 0 bridgehead atoms. The van der Waals surface area contributed by atoms with Gasteiger partial charge in [0.2, 0.25) is 0 Å². The average molecular weight is 354 g/mol. The summed E-state index contributed by atoms with van der Waals surface area (Å²) in [6.07, 6.45) is 11.7. The number of rotatable bonds is 4. The standard InChI is InChI=1S/C21H36FNO2/c1-19(2,3)25-18(24)23-15-13-20(14-16-23,9-10-21(22)11-12-21)17-7-5-4-6-8-17/h17H,4-16H2,1-3H3. The van der Waals surface area contributed by atoms with Gasteiger partial charge in [-0.2, -0.15) is 0 Å². The summed E-state index contributed by atoms with van der Waals surface area (Å²) < 4.78 is 19.8. The molecule has 3 aliphatic rings. The Hall–Kier alpha value is -0.800. The van der Waals surface area contributed by atoms with Crippen LogP contribution in [-0.2, 0) is 4.74 Å². The molecule has 0 spiro atoms. The summed E-state index contributed by atoms with van der Waals surface area (Å²) in [5.41, 5.74) is -1.05. The van der Waals surface area contributed by atoms with E-state index in [0.29, 0.717) is 0 Å². The first-order valence-corrected chi connectivity index (χ1v) is 10.4. The molecule has 2 saturated carbocycles. The number of hydrogen-bond acceptors (Lipinski definition) is 2. The van der Waals surface area contributed by atoms with Crippen molar-refractivity contribution in [3.8, 4) is 0 Å². The Morgan fingerprint density at radius 1 is 1.04 bits per heavy atom.